The molecule has 1 aliphatic heterocycles. The lowest BCUT2D eigenvalue weighted by Gasteiger charge is -2.34. The van der Waals surface area contributed by atoms with Gasteiger partial charge in [0.2, 0.25) is 15.9 Å². The molecule has 0 unspecified atom stereocenters. The van der Waals surface area contributed by atoms with Gasteiger partial charge < -0.3 is 10.2 Å². The molecule has 6 nitrogen and oxygen atoms in total. The van der Waals surface area contributed by atoms with Crippen LogP contribution >= 0.6 is 11.6 Å². The smallest absolute Gasteiger partial charge is 0.243 e. The SMILES string of the molecule is Cc1ccc(S(=O)(=O)N2CCN(C(=O)CNc3ccc(C)c(Cl)c3)CC2)cc1. The molecule has 0 spiro atoms. The fourth-order valence-electron chi connectivity index (χ4n) is 3.03. The highest BCUT2D eigenvalue weighted by atomic mass is 35.5. The Morgan fingerprint density at radius 3 is 2.29 bits per heavy atom. The normalized spacial score (nSPS) is 15.5. The molecule has 1 N–H and O–H groups in total. The van der Waals surface area contributed by atoms with Crippen LogP contribution in [0.15, 0.2) is 47.4 Å². The molecule has 1 heterocycles. The fourth-order valence-corrected chi connectivity index (χ4v) is 4.63. The zero-order chi connectivity index (χ0) is 20.3. The first-order valence-corrected chi connectivity index (χ1v) is 10.9. The molecule has 0 radical (unpaired) electrons. The molecule has 0 bridgehead atoms. The maximum atomic E-state index is 12.7. The van der Waals surface area contributed by atoms with Gasteiger partial charge in [-0.3, -0.25) is 4.79 Å². The molecule has 28 heavy (non-hydrogen) atoms. The van der Waals surface area contributed by atoms with E-state index in [-0.39, 0.29) is 30.4 Å². The molecule has 0 aromatic heterocycles. The Labute approximate surface area is 171 Å². The largest absolute Gasteiger partial charge is 0.376 e. The summed E-state index contributed by atoms with van der Waals surface area (Å²) in [6.45, 7) is 5.31. The van der Waals surface area contributed by atoms with Gasteiger partial charge in [0.25, 0.3) is 0 Å². The van der Waals surface area contributed by atoms with E-state index in [2.05, 4.69) is 5.32 Å². The Morgan fingerprint density at radius 2 is 1.68 bits per heavy atom. The van der Waals surface area contributed by atoms with Crippen molar-refractivity contribution in [1.82, 2.24) is 9.21 Å². The third kappa shape index (κ3) is 4.66. The number of nitrogens with zero attached hydrogens (tertiary/aromatic N) is 2. The number of piperazine rings is 1. The van der Waals surface area contributed by atoms with Gasteiger partial charge in [0.1, 0.15) is 0 Å². The second kappa shape index (κ2) is 8.51. The summed E-state index contributed by atoms with van der Waals surface area (Å²) in [6, 6.07) is 12.4. The van der Waals surface area contributed by atoms with Crippen LogP contribution in [-0.2, 0) is 14.8 Å². The Balaban J connectivity index is 1.55. The highest BCUT2D eigenvalue weighted by molar-refractivity contribution is 7.89. The minimum absolute atomic E-state index is 0.0657. The number of halogens is 1. The van der Waals surface area contributed by atoms with Crippen molar-refractivity contribution >= 4 is 33.2 Å². The third-order valence-corrected chi connectivity index (χ3v) is 7.19. The Kier molecular flexibility index (Phi) is 6.27. The topological polar surface area (TPSA) is 69.7 Å². The monoisotopic (exact) mass is 421 g/mol. The van der Waals surface area contributed by atoms with E-state index in [1.165, 1.54) is 4.31 Å². The van der Waals surface area contributed by atoms with E-state index in [4.69, 9.17) is 11.6 Å². The van der Waals surface area contributed by atoms with Crippen molar-refractivity contribution in [1.29, 1.82) is 0 Å². The summed E-state index contributed by atoms with van der Waals surface area (Å²) < 4.78 is 26.9. The van der Waals surface area contributed by atoms with Crippen molar-refractivity contribution in [2.45, 2.75) is 18.7 Å². The highest BCUT2D eigenvalue weighted by Crippen LogP contribution is 2.20. The average molecular weight is 422 g/mol. The van der Waals surface area contributed by atoms with Crippen molar-refractivity contribution in [2.24, 2.45) is 0 Å². The van der Waals surface area contributed by atoms with Crippen LogP contribution in [0.4, 0.5) is 5.69 Å². The Hall–Kier alpha value is -2.09. The number of nitrogens with one attached hydrogen (secondary N) is 1. The number of amides is 1. The predicted octanol–water partition coefficient (Wildman–Crippen LogP) is 2.90. The van der Waals surface area contributed by atoms with Crippen LogP contribution in [0.2, 0.25) is 5.02 Å². The third-order valence-electron chi connectivity index (χ3n) is 4.87. The van der Waals surface area contributed by atoms with Crippen molar-refractivity contribution in [3.63, 3.8) is 0 Å². The van der Waals surface area contributed by atoms with Crippen molar-refractivity contribution in [2.75, 3.05) is 38.0 Å². The van der Waals surface area contributed by atoms with Gasteiger partial charge in [-0.2, -0.15) is 4.31 Å². The lowest BCUT2D eigenvalue weighted by molar-refractivity contribution is -0.130. The second-order valence-electron chi connectivity index (χ2n) is 6.92. The minimum Gasteiger partial charge on any atom is -0.376 e. The minimum atomic E-state index is -3.53. The zero-order valence-electron chi connectivity index (χ0n) is 16.0. The maximum Gasteiger partial charge on any atom is 0.243 e. The number of carbonyl (C=O) groups is 1. The van der Waals surface area contributed by atoms with Gasteiger partial charge in [0, 0.05) is 36.9 Å². The van der Waals surface area contributed by atoms with Crippen LogP contribution in [0.25, 0.3) is 0 Å². The molecule has 3 rings (SSSR count). The molecular weight excluding hydrogens is 398 g/mol. The lowest BCUT2D eigenvalue weighted by atomic mass is 10.2. The number of carbonyl (C=O) groups excluding carboxylic acids is 1. The highest BCUT2D eigenvalue weighted by Gasteiger charge is 2.29. The molecule has 0 saturated carbocycles. The van der Waals surface area contributed by atoms with Crippen LogP contribution in [0.1, 0.15) is 11.1 Å². The molecule has 8 heteroatoms. The second-order valence-corrected chi connectivity index (χ2v) is 9.26. The summed E-state index contributed by atoms with van der Waals surface area (Å²) >= 11 is 6.10. The van der Waals surface area contributed by atoms with Crippen molar-refractivity contribution in [3.8, 4) is 0 Å². The number of sulfonamides is 1. The number of anilines is 1. The molecular formula is C20H24ClN3O3S. The van der Waals surface area contributed by atoms with Gasteiger partial charge in [-0.05, 0) is 43.7 Å². The van der Waals surface area contributed by atoms with Gasteiger partial charge in [-0.25, -0.2) is 8.42 Å². The van der Waals surface area contributed by atoms with Crippen LogP contribution in [-0.4, -0.2) is 56.3 Å². The molecule has 0 aliphatic carbocycles. The van der Waals surface area contributed by atoms with Gasteiger partial charge in [0.15, 0.2) is 0 Å². The van der Waals surface area contributed by atoms with Crippen LogP contribution in [0.5, 0.6) is 0 Å². The number of hydrogen-bond acceptors (Lipinski definition) is 4. The van der Waals surface area contributed by atoms with Crippen LogP contribution < -0.4 is 5.32 Å². The molecule has 1 amide bonds. The molecule has 2 aromatic rings. The molecule has 1 saturated heterocycles. The first-order valence-electron chi connectivity index (χ1n) is 9.12. The van der Waals surface area contributed by atoms with Gasteiger partial charge in [-0.15, -0.1) is 0 Å². The van der Waals surface area contributed by atoms with E-state index in [0.717, 1.165) is 16.8 Å². The molecule has 1 fully saturated rings. The van der Waals surface area contributed by atoms with E-state index < -0.39 is 10.0 Å². The van der Waals surface area contributed by atoms with Gasteiger partial charge in [0.05, 0.1) is 11.4 Å². The van der Waals surface area contributed by atoms with Gasteiger partial charge in [-0.1, -0.05) is 35.4 Å². The Bertz CT molecular complexity index is 953. The van der Waals surface area contributed by atoms with E-state index in [1.807, 2.05) is 26.0 Å². The zero-order valence-corrected chi connectivity index (χ0v) is 17.6. The summed E-state index contributed by atoms with van der Waals surface area (Å²) in [5, 5.41) is 3.72. The number of rotatable bonds is 5. The predicted molar refractivity (Wildman–Crippen MR) is 111 cm³/mol. The van der Waals surface area contributed by atoms with E-state index in [1.54, 1.807) is 35.2 Å². The lowest BCUT2D eigenvalue weighted by Crippen LogP contribution is -2.51. The quantitative estimate of drug-likeness (QED) is 0.805. The molecule has 1 aliphatic rings. The summed E-state index contributed by atoms with van der Waals surface area (Å²) in [4.78, 5) is 14.4. The number of hydrogen-bond donors (Lipinski definition) is 1. The summed E-state index contributed by atoms with van der Waals surface area (Å²) in [5.41, 5.74) is 2.77. The van der Waals surface area contributed by atoms with E-state index >= 15 is 0 Å². The van der Waals surface area contributed by atoms with Crippen LogP contribution in [0, 0.1) is 13.8 Å². The summed E-state index contributed by atoms with van der Waals surface area (Å²) in [7, 11) is -3.53. The number of benzene rings is 2. The van der Waals surface area contributed by atoms with Crippen molar-refractivity contribution < 1.29 is 13.2 Å². The van der Waals surface area contributed by atoms with E-state index in [0.29, 0.717) is 18.1 Å². The first-order chi connectivity index (χ1) is 13.3. The summed E-state index contributed by atoms with van der Waals surface area (Å²) in [5.74, 6) is -0.0657. The number of aryl methyl sites for hydroxylation is 2. The van der Waals surface area contributed by atoms with Crippen molar-refractivity contribution in [3.05, 3.63) is 58.6 Å². The van der Waals surface area contributed by atoms with Crippen LogP contribution in [0.3, 0.4) is 0 Å². The standard InChI is InChI=1S/C20H24ClN3O3S/c1-15-3-7-18(8-4-15)28(26,27)24-11-9-23(10-12-24)20(25)14-22-17-6-5-16(2)19(21)13-17/h3-8,13,22H,9-12,14H2,1-2H3. The van der Waals surface area contributed by atoms with E-state index in [9.17, 15) is 13.2 Å². The fraction of sp³-hybridized carbons (Fsp3) is 0.350. The summed E-state index contributed by atoms with van der Waals surface area (Å²) in [6.07, 6.45) is 0. The molecule has 150 valence electrons. The molecule has 0 atom stereocenters. The maximum absolute atomic E-state index is 12.7. The average Bonchev–Trinajstić information content (AvgIpc) is 2.69. The van der Waals surface area contributed by atoms with Gasteiger partial charge >= 0.3 is 0 Å². The molecule has 2 aromatic carbocycles. The Morgan fingerprint density at radius 1 is 1.04 bits per heavy atom. The first kappa shape index (κ1) is 20.6.